The minimum Gasteiger partial charge on any atom is -0.547 e. The third kappa shape index (κ3) is 9.21. The van der Waals surface area contributed by atoms with E-state index in [0.717, 1.165) is 0 Å². The summed E-state index contributed by atoms with van der Waals surface area (Å²) >= 11 is 0. The summed E-state index contributed by atoms with van der Waals surface area (Å²) in [6.45, 7) is -0.924. The molecule has 10 N–H and O–H groups in total. The maximum atomic E-state index is 11.4. The lowest BCUT2D eigenvalue weighted by Crippen LogP contribution is -2.56. The number of carboxylic acid groups (broad SMARTS) is 2. The highest BCUT2D eigenvalue weighted by Gasteiger charge is 2.46. The second kappa shape index (κ2) is 16.5. The minimum atomic E-state index is -2.20. The van der Waals surface area contributed by atoms with Crippen LogP contribution in [0.5, 0.6) is 0 Å². The second-order valence-corrected chi connectivity index (χ2v) is 15.6. The number of amides is 6. The monoisotopic (exact) mass is 608 g/mol. The highest BCUT2D eigenvalue weighted by molar-refractivity contribution is 7.75. The van der Waals surface area contributed by atoms with Crippen LogP contribution in [-0.4, -0.2) is 156 Å². The Bertz CT molecular complexity index is 795. The molecule has 2 fully saturated rings. The molecule has 2 saturated heterocycles. The maximum Gasteiger partial charge on any atom is 0.326 e. The molecule has 0 aliphatic carbocycles. The number of carboxylic acids is 2. The Morgan fingerprint density at radius 3 is 0.974 bits per heavy atom. The van der Waals surface area contributed by atoms with Gasteiger partial charge in [0, 0.05) is 0 Å². The molecular weight excluding hydrogens is 578 g/mol. The Morgan fingerprint density at radius 1 is 0.590 bits per heavy atom. The first kappa shape index (κ1) is 36.4. The number of carbonyl (C=O) groups excluding carboxylic acids is 6. The van der Waals surface area contributed by atoms with Crippen molar-refractivity contribution < 1.29 is 79.8 Å². The van der Waals surface area contributed by atoms with Crippen molar-refractivity contribution in [3.8, 4) is 0 Å². The van der Waals surface area contributed by atoms with Gasteiger partial charge in [-0.3, -0.25) is 30.0 Å². The molecule has 0 spiro atoms. The average Bonchev–Trinajstić information content (AvgIpc) is 3.36. The van der Waals surface area contributed by atoms with Gasteiger partial charge in [-0.25, -0.2) is 9.59 Å². The van der Waals surface area contributed by atoms with Gasteiger partial charge in [-0.1, -0.05) is 0 Å². The number of aliphatic carboxylic acids is 2. The van der Waals surface area contributed by atoms with Gasteiger partial charge in [-0.2, -0.15) is 0 Å². The van der Waals surface area contributed by atoms with Crippen molar-refractivity contribution in [2.45, 2.75) is 12.1 Å². The van der Waals surface area contributed by atoms with E-state index < -0.39 is 69.1 Å². The summed E-state index contributed by atoms with van der Waals surface area (Å²) in [5, 5.41) is 93.3. The van der Waals surface area contributed by atoms with Gasteiger partial charge in [0.05, 0.1) is 11.9 Å². The van der Waals surface area contributed by atoms with Crippen molar-refractivity contribution in [3.05, 3.63) is 0 Å². The van der Waals surface area contributed by atoms with Crippen molar-refractivity contribution in [1.82, 2.24) is 20.4 Å². The van der Waals surface area contributed by atoms with Gasteiger partial charge in [0.2, 0.25) is 0 Å². The normalized spacial score (nSPS) is 19.1. The first-order valence-electron chi connectivity index (χ1n) is 10.4. The molecule has 2 atom stereocenters. The molecule has 0 aromatic carbocycles. The fourth-order valence-corrected chi connectivity index (χ4v) is 3.54. The molecule has 39 heavy (non-hydrogen) atoms. The number of aliphatic hydroxyl groups excluding tert-OH is 8. The van der Waals surface area contributed by atoms with E-state index in [1.54, 1.807) is 10.6 Å². The van der Waals surface area contributed by atoms with Crippen molar-refractivity contribution >= 4 is 50.3 Å². The van der Waals surface area contributed by atoms with Crippen LogP contribution in [0.1, 0.15) is 0 Å². The Hall–Kier alpha value is -2.64. The van der Waals surface area contributed by atoms with Gasteiger partial charge in [-0.15, -0.1) is 0 Å². The van der Waals surface area contributed by atoms with Crippen molar-refractivity contribution in [3.63, 3.8) is 0 Å². The molecule has 6 amide bonds. The molecule has 0 radical (unpaired) electrons. The number of nitrogens with one attached hydrogen (secondary N) is 2. The Morgan fingerprint density at radius 2 is 0.821 bits per heavy atom. The van der Waals surface area contributed by atoms with Gasteiger partial charge in [0.15, 0.2) is 62.9 Å². The Kier molecular flexibility index (Phi) is 15.3. The quantitative estimate of drug-likeness (QED) is 0.0558. The van der Waals surface area contributed by atoms with E-state index in [0.29, 0.717) is 9.80 Å². The van der Waals surface area contributed by atoms with E-state index >= 15 is 0 Å². The molecule has 22 heteroatoms. The van der Waals surface area contributed by atoms with Gasteiger partial charge < -0.3 is 60.7 Å². The van der Waals surface area contributed by atoms with Crippen LogP contribution in [0.4, 0.5) is 9.59 Å². The average molecular weight is 608 g/mol. The molecule has 0 saturated carbocycles. The van der Waals surface area contributed by atoms with Crippen LogP contribution in [-0.2, 0) is 19.2 Å². The maximum absolute atomic E-state index is 11.4. The highest BCUT2D eigenvalue weighted by atomic mass is 31.2. The first-order valence-corrected chi connectivity index (χ1v) is 15.5. The molecular formula is C17H30N4O16P2. The van der Waals surface area contributed by atoms with Crippen molar-refractivity contribution in [1.29, 1.82) is 0 Å². The van der Waals surface area contributed by atoms with E-state index in [1.807, 2.05) is 0 Å². The molecule has 224 valence electrons. The van der Waals surface area contributed by atoms with Crippen LogP contribution >= 0.6 is 14.5 Å². The molecule has 2 unspecified atom stereocenters. The van der Waals surface area contributed by atoms with E-state index in [4.69, 9.17) is 40.9 Å². The van der Waals surface area contributed by atoms with Crippen LogP contribution in [0, 0.1) is 0 Å². The van der Waals surface area contributed by atoms with Crippen molar-refractivity contribution in [2.75, 3.05) is 57.5 Å². The third-order valence-electron chi connectivity index (χ3n) is 5.25. The fraction of sp³-hybridized carbons (Fsp3) is 0.647. The van der Waals surface area contributed by atoms with E-state index in [1.165, 1.54) is 0 Å². The smallest absolute Gasteiger partial charge is 0.326 e. The van der Waals surface area contributed by atoms with Gasteiger partial charge in [0.25, 0.3) is 11.8 Å². The summed E-state index contributed by atoms with van der Waals surface area (Å²) in [6, 6.07) is -6.41. The fourth-order valence-electron chi connectivity index (χ4n) is 2.47. The number of rotatable bonds is 12. The predicted octanol–water partition coefficient (Wildman–Crippen LogP) is -8.11. The molecule has 2 aliphatic heterocycles. The number of urea groups is 2. The standard InChI is InChI=1S/C9H8N4O8.2C4H12O4P/c14-4-2(6(16)17)12(8(20)10-4)1-13-3(7(18)19)5(15)11-9(13)21;2*5-1-9(2-6,3-7)4-8/h2-3H,1H2,(H,16,17)(H,18,19)(H,10,14,20)(H,11,15,21);2*5-8H,1-4H2/q;2*+1/p-2. The van der Waals surface area contributed by atoms with Crippen LogP contribution in [0.2, 0.25) is 0 Å². The topological polar surface area (TPSA) is 341 Å². The molecule has 0 bridgehead atoms. The van der Waals surface area contributed by atoms with Gasteiger partial charge in [0.1, 0.15) is 21.2 Å². The SMILES string of the molecule is O=C([O-])C1C(=O)NC(=O)N1CN1C(=O)NC(=O)C1C(=O)[O-].OC[P+](CO)(CO)CO.OC[P+](CO)(CO)CO. The van der Waals surface area contributed by atoms with Crippen LogP contribution in [0.15, 0.2) is 0 Å². The van der Waals surface area contributed by atoms with Crippen molar-refractivity contribution in [2.24, 2.45) is 0 Å². The van der Waals surface area contributed by atoms with E-state index in [-0.39, 0.29) is 50.8 Å². The summed E-state index contributed by atoms with van der Waals surface area (Å²) in [6.07, 6.45) is -2.36. The highest BCUT2D eigenvalue weighted by Crippen LogP contribution is 2.55. The summed E-state index contributed by atoms with van der Waals surface area (Å²) in [7, 11) is -4.40. The number of imide groups is 2. The lowest BCUT2D eigenvalue weighted by atomic mass is 10.2. The van der Waals surface area contributed by atoms with Crippen LogP contribution < -0.4 is 20.8 Å². The number of hydrogen-bond acceptors (Lipinski definition) is 16. The zero-order valence-corrected chi connectivity index (χ0v) is 21.9. The van der Waals surface area contributed by atoms with Crippen LogP contribution in [0.25, 0.3) is 0 Å². The molecule has 2 aliphatic rings. The predicted molar refractivity (Wildman–Crippen MR) is 124 cm³/mol. The number of nitrogens with zero attached hydrogens (tertiary/aromatic N) is 2. The molecule has 0 aromatic rings. The van der Waals surface area contributed by atoms with Gasteiger partial charge in [-0.05, 0) is 0 Å². The largest absolute Gasteiger partial charge is 0.547 e. The third-order valence-corrected chi connectivity index (χ3v) is 10.1. The lowest BCUT2D eigenvalue weighted by Gasteiger charge is -2.29. The number of aliphatic hydroxyl groups is 8. The summed E-state index contributed by atoms with van der Waals surface area (Å²) in [5.74, 6) is -6.24. The lowest BCUT2D eigenvalue weighted by molar-refractivity contribution is -0.309. The summed E-state index contributed by atoms with van der Waals surface area (Å²) in [5.41, 5.74) is 0. The Balaban J connectivity index is 0.000000667. The second-order valence-electron chi connectivity index (χ2n) is 7.93. The molecule has 2 rings (SSSR count). The Labute approximate surface area is 220 Å². The summed E-state index contributed by atoms with van der Waals surface area (Å²) in [4.78, 5) is 67.8. The minimum absolute atomic E-state index is 0.295. The van der Waals surface area contributed by atoms with Crippen LogP contribution in [0.3, 0.4) is 0 Å². The zero-order valence-electron chi connectivity index (χ0n) is 20.2. The zero-order chi connectivity index (χ0) is 30.6. The molecule has 2 heterocycles. The first-order chi connectivity index (χ1) is 18.2. The van der Waals surface area contributed by atoms with Gasteiger partial charge >= 0.3 is 12.1 Å². The molecule has 0 aromatic heterocycles. The van der Waals surface area contributed by atoms with E-state index in [2.05, 4.69) is 0 Å². The molecule has 20 nitrogen and oxygen atoms in total. The number of hydrogen-bond donors (Lipinski definition) is 10. The number of carbonyl (C=O) groups is 6. The van der Waals surface area contributed by atoms with E-state index in [9.17, 15) is 39.0 Å². The summed E-state index contributed by atoms with van der Waals surface area (Å²) < 4.78 is 0.